The predicted octanol–water partition coefficient (Wildman–Crippen LogP) is 3.99. The van der Waals surface area contributed by atoms with Crippen molar-refractivity contribution >= 4 is 45.0 Å². The lowest BCUT2D eigenvalue weighted by molar-refractivity contribution is -0.115. The van der Waals surface area contributed by atoms with Crippen molar-refractivity contribution in [1.29, 1.82) is 0 Å². The van der Waals surface area contributed by atoms with Crippen LogP contribution in [0.2, 0.25) is 0 Å². The van der Waals surface area contributed by atoms with E-state index in [0.29, 0.717) is 11.6 Å². The number of rotatable bonds is 4. The molecule has 3 aromatic heterocycles. The topological polar surface area (TPSA) is 80.9 Å². The van der Waals surface area contributed by atoms with Crippen molar-refractivity contribution in [1.82, 2.24) is 15.1 Å². The second kappa shape index (κ2) is 6.76. The van der Waals surface area contributed by atoms with Crippen molar-refractivity contribution in [2.75, 3.05) is 5.32 Å². The van der Waals surface area contributed by atoms with Crippen molar-refractivity contribution < 1.29 is 9.32 Å². The van der Waals surface area contributed by atoms with Gasteiger partial charge in [-0.2, -0.15) is 0 Å². The number of carbonyl (C=O) groups excluding carboxylic acids is 1. The molecular formula is C17H18N4O2S2. The van der Waals surface area contributed by atoms with Crippen molar-refractivity contribution in [3.05, 3.63) is 28.6 Å². The molecule has 3 aromatic rings. The summed E-state index contributed by atoms with van der Waals surface area (Å²) in [7, 11) is 0. The average Bonchev–Trinajstić information content (AvgIpc) is 3.18. The molecule has 0 unspecified atom stereocenters. The van der Waals surface area contributed by atoms with E-state index in [9.17, 15) is 4.79 Å². The summed E-state index contributed by atoms with van der Waals surface area (Å²) < 4.78 is 4.98. The Morgan fingerprint density at radius 2 is 2.20 bits per heavy atom. The number of anilines is 1. The molecule has 0 saturated carbocycles. The SMILES string of the molecule is Cc1cc(NC(=O)[C@H](C)Sc2ncnc3sc4c(c23)CCCC4)no1. The van der Waals surface area contributed by atoms with E-state index >= 15 is 0 Å². The number of nitrogens with one attached hydrogen (secondary N) is 1. The lowest BCUT2D eigenvalue weighted by Crippen LogP contribution is -2.22. The Morgan fingerprint density at radius 3 is 3.00 bits per heavy atom. The molecule has 0 fully saturated rings. The normalized spacial score (nSPS) is 15.1. The Balaban J connectivity index is 1.57. The lowest BCUT2D eigenvalue weighted by Gasteiger charge is -2.13. The summed E-state index contributed by atoms with van der Waals surface area (Å²) in [5, 5.41) is 8.32. The van der Waals surface area contributed by atoms with E-state index in [0.717, 1.165) is 28.1 Å². The summed E-state index contributed by atoms with van der Waals surface area (Å²) in [6.07, 6.45) is 6.25. The Morgan fingerprint density at radius 1 is 1.36 bits per heavy atom. The number of hydrogen-bond acceptors (Lipinski definition) is 7. The molecule has 6 nitrogen and oxygen atoms in total. The van der Waals surface area contributed by atoms with Gasteiger partial charge < -0.3 is 9.84 Å². The van der Waals surface area contributed by atoms with Gasteiger partial charge in [-0.25, -0.2) is 9.97 Å². The van der Waals surface area contributed by atoms with Crippen LogP contribution in [0.15, 0.2) is 21.9 Å². The highest BCUT2D eigenvalue weighted by molar-refractivity contribution is 8.00. The number of hydrogen-bond donors (Lipinski definition) is 1. The zero-order valence-corrected chi connectivity index (χ0v) is 15.7. The number of carbonyl (C=O) groups is 1. The summed E-state index contributed by atoms with van der Waals surface area (Å²) in [5.41, 5.74) is 1.38. The van der Waals surface area contributed by atoms with E-state index < -0.39 is 0 Å². The maximum atomic E-state index is 12.4. The molecule has 0 aromatic carbocycles. The molecule has 0 radical (unpaired) electrons. The molecule has 0 aliphatic heterocycles. The van der Waals surface area contributed by atoms with Gasteiger partial charge in [-0.3, -0.25) is 4.79 Å². The molecule has 1 amide bonds. The van der Waals surface area contributed by atoms with Crippen LogP contribution in [0, 0.1) is 6.92 Å². The first-order valence-corrected chi connectivity index (χ1v) is 9.97. The summed E-state index contributed by atoms with van der Waals surface area (Å²) in [4.78, 5) is 23.8. The van der Waals surface area contributed by atoms with Gasteiger partial charge in [0.25, 0.3) is 0 Å². The lowest BCUT2D eigenvalue weighted by atomic mass is 9.97. The number of amides is 1. The Kier molecular flexibility index (Phi) is 4.47. The molecule has 0 bridgehead atoms. The zero-order chi connectivity index (χ0) is 17.4. The van der Waals surface area contributed by atoms with Gasteiger partial charge in [-0.1, -0.05) is 16.9 Å². The minimum atomic E-state index is -0.297. The first-order chi connectivity index (χ1) is 12.1. The molecule has 8 heteroatoms. The number of nitrogens with zero attached hydrogens (tertiary/aromatic N) is 3. The second-order valence-corrected chi connectivity index (χ2v) is 8.56. The van der Waals surface area contributed by atoms with Crippen LogP contribution >= 0.6 is 23.1 Å². The molecule has 130 valence electrons. The van der Waals surface area contributed by atoms with Gasteiger partial charge in [-0.05, 0) is 45.1 Å². The number of aryl methyl sites for hydroxylation is 3. The van der Waals surface area contributed by atoms with E-state index in [2.05, 4.69) is 20.4 Å². The van der Waals surface area contributed by atoms with Gasteiger partial charge in [0, 0.05) is 16.3 Å². The van der Waals surface area contributed by atoms with Crippen LogP contribution in [-0.4, -0.2) is 26.3 Å². The molecule has 1 atom stereocenters. The number of thiophene rings is 1. The predicted molar refractivity (Wildman–Crippen MR) is 99.2 cm³/mol. The summed E-state index contributed by atoms with van der Waals surface area (Å²) in [6.45, 7) is 3.66. The van der Waals surface area contributed by atoms with Crippen LogP contribution in [0.4, 0.5) is 5.82 Å². The number of thioether (sulfide) groups is 1. The van der Waals surface area contributed by atoms with E-state index in [4.69, 9.17) is 4.52 Å². The maximum absolute atomic E-state index is 12.4. The summed E-state index contributed by atoms with van der Waals surface area (Å²) in [5.74, 6) is 0.989. The highest BCUT2D eigenvalue weighted by atomic mass is 32.2. The minimum absolute atomic E-state index is 0.117. The highest BCUT2D eigenvalue weighted by Gasteiger charge is 2.23. The van der Waals surface area contributed by atoms with Gasteiger partial charge >= 0.3 is 0 Å². The van der Waals surface area contributed by atoms with Crippen LogP contribution in [0.5, 0.6) is 0 Å². The maximum Gasteiger partial charge on any atom is 0.238 e. The third-order valence-electron chi connectivity index (χ3n) is 4.25. The first-order valence-electron chi connectivity index (χ1n) is 8.28. The molecule has 0 spiro atoms. The number of fused-ring (bicyclic) bond motifs is 3. The molecule has 4 rings (SSSR count). The van der Waals surface area contributed by atoms with Crippen LogP contribution < -0.4 is 5.32 Å². The van der Waals surface area contributed by atoms with Crippen molar-refractivity contribution in [3.63, 3.8) is 0 Å². The third-order valence-corrected chi connectivity index (χ3v) is 6.55. The van der Waals surface area contributed by atoms with E-state index in [1.165, 1.54) is 35.0 Å². The highest BCUT2D eigenvalue weighted by Crippen LogP contribution is 2.40. The fourth-order valence-electron chi connectivity index (χ4n) is 3.02. The van der Waals surface area contributed by atoms with Crippen LogP contribution in [0.3, 0.4) is 0 Å². The zero-order valence-electron chi connectivity index (χ0n) is 14.0. The third kappa shape index (κ3) is 3.28. The van der Waals surface area contributed by atoms with Crippen molar-refractivity contribution in [2.24, 2.45) is 0 Å². The van der Waals surface area contributed by atoms with Crippen LogP contribution in [0.25, 0.3) is 10.2 Å². The Hall–Kier alpha value is -1.93. The van der Waals surface area contributed by atoms with Gasteiger partial charge in [0.2, 0.25) is 5.91 Å². The van der Waals surface area contributed by atoms with Gasteiger partial charge in [-0.15, -0.1) is 11.3 Å². The fraction of sp³-hybridized carbons (Fsp3) is 0.412. The van der Waals surface area contributed by atoms with E-state index in [1.807, 2.05) is 6.92 Å². The second-order valence-electron chi connectivity index (χ2n) is 6.14. The summed E-state index contributed by atoms with van der Waals surface area (Å²) >= 11 is 3.24. The van der Waals surface area contributed by atoms with Crippen molar-refractivity contribution in [2.45, 2.75) is 49.8 Å². The summed E-state index contributed by atoms with van der Waals surface area (Å²) in [6, 6.07) is 1.70. The Bertz CT molecular complexity index is 934. The number of aromatic nitrogens is 3. The van der Waals surface area contributed by atoms with Gasteiger partial charge in [0.1, 0.15) is 21.9 Å². The van der Waals surface area contributed by atoms with Gasteiger partial charge in [0.15, 0.2) is 5.82 Å². The molecule has 0 saturated heterocycles. The largest absolute Gasteiger partial charge is 0.360 e. The van der Waals surface area contributed by atoms with Crippen LogP contribution in [-0.2, 0) is 17.6 Å². The Labute approximate surface area is 153 Å². The molecule has 3 heterocycles. The van der Waals surface area contributed by atoms with Gasteiger partial charge in [0.05, 0.1) is 5.25 Å². The average molecular weight is 374 g/mol. The van der Waals surface area contributed by atoms with E-state index in [1.54, 1.807) is 30.7 Å². The van der Waals surface area contributed by atoms with E-state index in [-0.39, 0.29) is 11.2 Å². The molecular weight excluding hydrogens is 356 g/mol. The first kappa shape index (κ1) is 16.5. The molecule has 25 heavy (non-hydrogen) atoms. The molecule has 1 aliphatic rings. The van der Waals surface area contributed by atoms with Crippen molar-refractivity contribution in [3.8, 4) is 0 Å². The standard InChI is InChI=1S/C17H18N4O2S2/c1-9-7-13(21-23-9)20-15(22)10(2)24-16-14-11-5-3-4-6-12(11)25-17(14)19-8-18-16/h7-8,10H,3-6H2,1-2H3,(H,20,21,22)/t10-/m0/s1. The van der Waals surface area contributed by atoms with Crippen LogP contribution in [0.1, 0.15) is 36.0 Å². The molecule has 1 N–H and O–H groups in total. The monoisotopic (exact) mass is 374 g/mol. The fourth-order valence-corrected chi connectivity index (χ4v) is 5.26. The smallest absolute Gasteiger partial charge is 0.238 e. The minimum Gasteiger partial charge on any atom is -0.360 e. The molecule has 1 aliphatic carbocycles. The quantitative estimate of drug-likeness (QED) is 0.549.